The van der Waals surface area contributed by atoms with Gasteiger partial charge in [0.25, 0.3) is 0 Å². The van der Waals surface area contributed by atoms with Crippen molar-refractivity contribution in [3.63, 3.8) is 0 Å². The molecule has 8 N–H and O–H groups in total. The Morgan fingerprint density at radius 1 is 0.214 bits per heavy atom. The lowest BCUT2D eigenvalue weighted by Crippen LogP contribution is -2.09. The summed E-state index contributed by atoms with van der Waals surface area (Å²) in [7, 11) is 0. The van der Waals surface area contributed by atoms with E-state index in [1.807, 2.05) is 97.1 Å². The van der Waals surface area contributed by atoms with E-state index in [0.717, 1.165) is 81.9 Å². The Balaban J connectivity index is 1.01. The van der Waals surface area contributed by atoms with Gasteiger partial charge in [-0.15, -0.1) is 0 Å². The maximum Gasteiger partial charge on any atom is 0.354 e. The molecule has 0 radical (unpaired) electrons. The molecule has 8 aromatic rings. The third-order valence-electron chi connectivity index (χ3n) is 14.1. The van der Waals surface area contributed by atoms with E-state index in [-0.39, 0.29) is 75.9 Å². The largest absolute Gasteiger partial charge is 0.494 e. The maximum absolute atomic E-state index is 11.5. The highest BCUT2D eigenvalue weighted by atomic mass is 16.5. The second kappa shape index (κ2) is 35.0. The van der Waals surface area contributed by atoms with E-state index >= 15 is 0 Å². The zero-order chi connectivity index (χ0) is 70.1. The Kier molecular flexibility index (Phi) is 25.5. The Bertz CT molecular complexity index is 3540. The van der Waals surface area contributed by atoms with Gasteiger partial charge in [-0.2, -0.15) is 0 Å². The van der Waals surface area contributed by atoms with E-state index in [1.165, 1.54) is 0 Å². The van der Waals surface area contributed by atoms with Crippen molar-refractivity contribution in [2.75, 3.05) is 52.9 Å². The van der Waals surface area contributed by atoms with E-state index in [0.29, 0.717) is 74.4 Å². The number of carboxylic acids is 8. The summed E-state index contributed by atoms with van der Waals surface area (Å²) in [6.07, 6.45) is 3.95. The molecule has 0 saturated heterocycles. The second-order valence-corrected chi connectivity index (χ2v) is 21.2. The smallest absolute Gasteiger partial charge is 0.354 e. The van der Waals surface area contributed by atoms with Crippen LogP contribution in [0.25, 0.3) is 11.1 Å². The number of ether oxygens (including phenoxy) is 8. The van der Waals surface area contributed by atoms with Crippen LogP contribution in [-0.2, 0) is 0 Å². The zero-order valence-electron chi connectivity index (χ0n) is 52.1. The van der Waals surface area contributed by atoms with Gasteiger partial charge in [-0.25, -0.2) is 58.3 Å². The molecule has 28 heteroatoms. The summed E-state index contributed by atoms with van der Waals surface area (Å²) in [6.45, 7) is 1.61. The van der Waals surface area contributed by atoms with E-state index in [4.69, 9.17) is 37.9 Å². The average molecular weight is 1350 g/mol. The lowest BCUT2D eigenvalue weighted by atomic mass is 9.85. The van der Waals surface area contributed by atoms with Crippen molar-refractivity contribution in [1.82, 2.24) is 19.9 Å². The monoisotopic (exact) mass is 1340 g/mol. The van der Waals surface area contributed by atoms with E-state index < -0.39 is 93.3 Å². The van der Waals surface area contributed by atoms with Crippen LogP contribution in [0, 0.1) is 0 Å². The van der Waals surface area contributed by atoms with Gasteiger partial charge in [-0.1, -0.05) is 48.5 Å². The number of carboxylic acid groups (broad SMARTS) is 8. The molecule has 0 amide bonds. The summed E-state index contributed by atoms with van der Waals surface area (Å²) in [5, 5.41) is 75.2. The van der Waals surface area contributed by atoms with E-state index in [9.17, 15) is 79.2 Å². The molecule has 28 nitrogen and oxygen atoms in total. The third kappa shape index (κ3) is 21.2. The number of aromatic carboxylic acids is 8. The summed E-state index contributed by atoms with van der Waals surface area (Å²) in [6, 6.07) is 39.1. The van der Waals surface area contributed by atoms with E-state index in [2.05, 4.69) is 19.9 Å². The minimum Gasteiger partial charge on any atom is -0.494 e. The second-order valence-electron chi connectivity index (χ2n) is 21.2. The number of unbranched alkanes of at least 4 members (excludes halogenated alkanes) is 4. The molecule has 0 spiro atoms. The van der Waals surface area contributed by atoms with Gasteiger partial charge in [-0.05, 0) is 133 Å². The predicted molar refractivity (Wildman–Crippen MR) is 344 cm³/mol. The Hall–Kier alpha value is -12.6. The molecule has 508 valence electrons. The number of hydrogen-bond acceptors (Lipinski definition) is 20. The predicted octanol–water partition coefficient (Wildman–Crippen LogP) is 10.8. The average Bonchev–Trinajstić information content (AvgIpc) is 0.779. The topological polar surface area (TPSA) is 424 Å². The van der Waals surface area contributed by atoms with Crippen LogP contribution in [0.15, 0.2) is 146 Å². The van der Waals surface area contributed by atoms with Gasteiger partial charge < -0.3 is 78.7 Å². The van der Waals surface area contributed by atoms with Gasteiger partial charge in [0.15, 0.2) is 45.6 Å². The maximum atomic E-state index is 11.5. The molecule has 0 unspecified atom stereocenters. The first kappa shape index (κ1) is 71.2. The van der Waals surface area contributed by atoms with Crippen LogP contribution in [0.4, 0.5) is 0 Å². The van der Waals surface area contributed by atoms with Gasteiger partial charge >= 0.3 is 47.8 Å². The van der Waals surface area contributed by atoms with Crippen molar-refractivity contribution in [3.05, 3.63) is 213 Å². The first-order valence-corrected chi connectivity index (χ1v) is 30.3. The number of hydrogen-bond donors (Lipinski definition) is 8. The Labute approximate surface area is 557 Å². The first-order valence-electron chi connectivity index (χ1n) is 30.3. The highest BCUT2D eigenvalue weighted by Gasteiger charge is 2.21. The molecule has 8 rings (SSSR count). The summed E-state index contributed by atoms with van der Waals surface area (Å²) >= 11 is 0. The molecule has 4 aromatic carbocycles. The van der Waals surface area contributed by atoms with Crippen LogP contribution < -0.4 is 37.9 Å². The number of benzene rings is 4. The van der Waals surface area contributed by atoms with Gasteiger partial charge in [0.1, 0.15) is 46.0 Å². The normalized spacial score (nSPS) is 10.7. The first-order chi connectivity index (χ1) is 47.2. The van der Waals surface area contributed by atoms with Crippen LogP contribution in [-0.4, -0.2) is 161 Å². The number of rotatable bonds is 40. The van der Waals surface area contributed by atoms with Crippen LogP contribution in [0.2, 0.25) is 0 Å². The van der Waals surface area contributed by atoms with Crippen molar-refractivity contribution in [3.8, 4) is 46.0 Å². The fourth-order valence-electron chi connectivity index (χ4n) is 9.35. The van der Waals surface area contributed by atoms with Crippen molar-refractivity contribution < 1.29 is 117 Å². The number of carbonyl (C=O) groups is 8. The van der Waals surface area contributed by atoms with Crippen LogP contribution in [0.3, 0.4) is 0 Å². The fourth-order valence-corrected chi connectivity index (χ4v) is 9.35. The van der Waals surface area contributed by atoms with Crippen molar-refractivity contribution in [1.29, 1.82) is 0 Å². The minimum absolute atomic E-state index is 0.0473. The molecular weight excluding hydrogens is 1280 g/mol. The van der Waals surface area contributed by atoms with Crippen molar-refractivity contribution in [2.45, 2.75) is 51.4 Å². The molecule has 0 bridgehead atoms. The molecule has 0 aliphatic heterocycles. The third-order valence-corrected chi connectivity index (χ3v) is 14.1. The lowest BCUT2D eigenvalue weighted by Gasteiger charge is -2.19. The van der Waals surface area contributed by atoms with Crippen molar-refractivity contribution in [2.24, 2.45) is 0 Å². The van der Waals surface area contributed by atoms with Gasteiger partial charge in [0.05, 0.1) is 52.9 Å². The fraction of sp³-hybridized carbons (Fsp3) is 0.229. The van der Waals surface area contributed by atoms with Gasteiger partial charge in [0.2, 0.25) is 0 Å². The highest BCUT2D eigenvalue weighted by Crippen LogP contribution is 2.39. The van der Waals surface area contributed by atoms with Crippen LogP contribution in [0.1, 0.15) is 158 Å². The molecule has 0 saturated carbocycles. The number of aromatic nitrogens is 4. The van der Waals surface area contributed by atoms with Crippen molar-refractivity contribution >= 4 is 58.9 Å². The zero-order valence-corrected chi connectivity index (χ0v) is 52.1. The molecule has 0 aliphatic carbocycles. The van der Waals surface area contributed by atoms with E-state index in [1.54, 1.807) is 0 Å². The SMILES string of the molecule is O=C(O)c1cc(OCCCCOc2ccc(C(=C(c3ccc(OCCCCOc4cc(C(=O)O)nc(C(=O)O)c4)cc3)c3ccc(OCCCCOc4cc(C(=O)O)nc(C(=O)O)c4)cc3)c3ccc(OCCCCOc4cc(C(=O)O)nc(C(=O)O)c4)cc3)cc2)cc(C(=O)O)n1. The standard InChI is InChI=1S/C70H64N4O24/c75-63(76)53-33-49(34-54(71-53)64(77)78)95-29-5-1-25-91-45-17-9-41(10-18-45)61(42-11-19-46(20-12-42)92-26-2-6-30-96-50-35-55(65(79)80)72-56(36-50)66(81)82)62(43-13-21-47(22-14-43)93-27-3-7-31-97-51-37-57(67(83)84)73-58(38-51)68(85)86)44-15-23-48(24-16-44)94-28-4-8-32-98-52-39-59(69(87)88)74-60(40-52)70(89)90/h9-24,33-40H,1-8,25-32H2,(H,75,76)(H,77,78)(H,79,80)(H,81,82)(H,83,84)(H,85,86)(H,87,88)(H,89,90). The minimum atomic E-state index is -1.40. The number of nitrogens with zero attached hydrogens (tertiary/aromatic N) is 4. The van der Waals surface area contributed by atoms with Gasteiger partial charge in [-0.3, -0.25) is 0 Å². The quantitative estimate of drug-likeness (QED) is 0.0131. The molecule has 0 atom stereocenters. The summed E-state index contributed by atoms with van der Waals surface area (Å²) in [5.74, 6) is -8.86. The summed E-state index contributed by atoms with van der Waals surface area (Å²) in [4.78, 5) is 107. The van der Waals surface area contributed by atoms with Crippen LogP contribution >= 0.6 is 0 Å². The molecular formula is C70H64N4O24. The molecule has 4 heterocycles. The molecule has 0 fully saturated rings. The molecule has 4 aromatic heterocycles. The summed E-state index contributed by atoms with van der Waals surface area (Å²) in [5.41, 5.74) is 0.901. The summed E-state index contributed by atoms with van der Waals surface area (Å²) < 4.78 is 47.3. The molecule has 0 aliphatic rings. The Morgan fingerprint density at radius 2 is 0.347 bits per heavy atom. The lowest BCUT2D eigenvalue weighted by molar-refractivity contribution is 0.0663. The Morgan fingerprint density at radius 3 is 0.480 bits per heavy atom. The number of pyridine rings is 4. The van der Waals surface area contributed by atoms with Crippen LogP contribution in [0.5, 0.6) is 46.0 Å². The van der Waals surface area contributed by atoms with Gasteiger partial charge in [0, 0.05) is 48.5 Å². The highest BCUT2D eigenvalue weighted by molar-refractivity contribution is 6.05. The molecule has 98 heavy (non-hydrogen) atoms.